The van der Waals surface area contributed by atoms with Gasteiger partial charge in [0.1, 0.15) is 0 Å². The summed E-state index contributed by atoms with van der Waals surface area (Å²) < 4.78 is 0. The van der Waals surface area contributed by atoms with Crippen molar-refractivity contribution < 1.29 is 9.90 Å². The van der Waals surface area contributed by atoms with Crippen LogP contribution in [0.2, 0.25) is 0 Å². The highest BCUT2D eigenvalue weighted by atomic mass is 16.2. The highest BCUT2D eigenvalue weighted by molar-refractivity contribution is 5.92. The van der Waals surface area contributed by atoms with Gasteiger partial charge in [-0.05, 0) is 30.7 Å². The molecule has 18 heavy (non-hydrogen) atoms. The van der Waals surface area contributed by atoms with Crippen molar-refractivity contribution in [1.29, 1.82) is 0 Å². The molecule has 0 unspecified atom stereocenters. The van der Waals surface area contributed by atoms with E-state index in [1.54, 1.807) is 0 Å². The first kappa shape index (κ1) is 14.3. The van der Waals surface area contributed by atoms with Crippen molar-refractivity contribution in [3.05, 3.63) is 29.3 Å². The summed E-state index contributed by atoms with van der Waals surface area (Å²) in [4.78, 5) is 11.6. The fourth-order valence-corrected chi connectivity index (χ4v) is 1.38. The molecule has 1 aromatic carbocycles. The van der Waals surface area contributed by atoms with Gasteiger partial charge in [-0.1, -0.05) is 25.7 Å². The predicted molar refractivity (Wildman–Crippen MR) is 73.2 cm³/mol. The fourth-order valence-electron chi connectivity index (χ4n) is 1.38. The van der Waals surface area contributed by atoms with Crippen molar-refractivity contribution in [1.82, 2.24) is 0 Å². The van der Waals surface area contributed by atoms with Crippen LogP contribution in [-0.4, -0.2) is 17.6 Å². The van der Waals surface area contributed by atoms with Crippen molar-refractivity contribution in [3.63, 3.8) is 0 Å². The standard InChI is InChI=1S/C15H19NO2/c1-11(2)15(18)16-14-8-7-13(10-12(14)3)6-4-5-9-17/h7-8,10-11,17H,5,9H2,1-3H3,(H,16,18). The Balaban J connectivity index is 2.81. The van der Waals surface area contributed by atoms with E-state index in [4.69, 9.17) is 5.11 Å². The Labute approximate surface area is 108 Å². The summed E-state index contributed by atoms with van der Waals surface area (Å²) in [6, 6.07) is 5.66. The zero-order valence-corrected chi connectivity index (χ0v) is 11.1. The van der Waals surface area contributed by atoms with Crippen LogP contribution in [0.15, 0.2) is 18.2 Å². The number of aliphatic hydroxyl groups excluding tert-OH is 1. The Morgan fingerprint density at radius 3 is 2.72 bits per heavy atom. The van der Waals surface area contributed by atoms with E-state index in [2.05, 4.69) is 17.2 Å². The van der Waals surface area contributed by atoms with E-state index < -0.39 is 0 Å². The van der Waals surface area contributed by atoms with Gasteiger partial charge >= 0.3 is 0 Å². The van der Waals surface area contributed by atoms with Crippen molar-refractivity contribution in [2.45, 2.75) is 27.2 Å². The molecular formula is C15H19NO2. The van der Waals surface area contributed by atoms with E-state index in [0.717, 1.165) is 16.8 Å². The van der Waals surface area contributed by atoms with Gasteiger partial charge in [0, 0.05) is 23.6 Å². The van der Waals surface area contributed by atoms with Crippen LogP contribution in [-0.2, 0) is 4.79 Å². The smallest absolute Gasteiger partial charge is 0.226 e. The Bertz CT molecular complexity index is 481. The Hall–Kier alpha value is -1.79. The molecule has 1 amide bonds. The second-order valence-corrected chi connectivity index (χ2v) is 4.45. The van der Waals surface area contributed by atoms with E-state index in [-0.39, 0.29) is 18.4 Å². The van der Waals surface area contributed by atoms with Crippen LogP contribution < -0.4 is 5.32 Å². The minimum absolute atomic E-state index is 0.0113. The monoisotopic (exact) mass is 245 g/mol. The molecule has 0 aliphatic carbocycles. The van der Waals surface area contributed by atoms with Crippen molar-refractivity contribution in [2.24, 2.45) is 5.92 Å². The minimum Gasteiger partial charge on any atom is -0.395 e. The van der Waals surface area contributed by atoms with Crippen molar-refractivity contribution >= 4 is 11.6 Å². The van der Waals surface area contributed by atoms with E-state index in [1.807, 2.05) is 39.0 Å². The number of carbonyl (C=O) groups excluding carboxylic acids is 1. The molecule has 3 nitrogen and oxygen atoms in total. The van der Waals surface area contributed by atoms with E-state index in [0.29, 0.717) is 6.42 Å². The molecule has 0 aliphatic heterocycles. The van der Waals surface area contributed by atoms with Gasteiger partial charge in [-0.3, -0.25) is 4.79 Å². The third-order valence-corrected chi connectivity index (χ3v) is 2.48. The summed E-state index contributed by atoms with van der Waals surface area (Å²) >= 11 is 0. The minimum atomic E-state index is -0.0339. The van der Waals surface area contributed by atoms with Crippen LogP contribution in [0.4, 0.5) is 5.69 Å². The molecule has 96 valence electrons. The maximum atomic E-state index is 11.6. The number of hydrogen-bond acceptors (Lipinski definition) is 2. The summed E-state index contributed by atoms with van der Waals surface area (Å²) in [6.07, 6.45) is 0.477. The molecule has 0 saturated heterocycles. The molecule has 0 radical (unpaired) electrons. The second kappa shape index (κ2) is 6.83. The van der Waals surface area contributed by atoms with Crippen LogP contribution >= 0.6 is 0 Å². The third-order valence-electron chi connectivity index (χ3n) is 2.48. The molecule has 0 atom stereocenters. The lowest BCUT2D eigenvalue weighted by molar-refractivity contribution is -0.118. The average Bonchev–Trinajstić information content (AvgIpc) is 2.32. The largest absolute Gasteiger partial charge is 0.395 e. The fraction of sp³-hybridized carbons (Fsp3) is 0.400. The lowest BCUT2D eigenvalue weighted by Crippen LogP contribution is -2.18. The first-order valence-electron chi connectivity index (χ1n) is 6.06. The van der Waals surface area contributed by atoms with Crippen LogP contribution in [0.3, 0.4) is 0 Å². The molecule has 0 aliphatic rings. The second-order valence-electron chi connectivity index (χ2n) is 4.45. The van der Waals surface area contributed by atoms with Gasteiger partial charge in [0.15, 0.2) is 0 Å². The first-order chi connectivity index (χ1) is 8.54. The number of benzene rings is 1. The molecule has 0 heterocycles. The number of rotatable bonds is 3. The van der Waals surface area contributed by atoms with E-state index >= 15 is 0 Å². The molecule has 2 N–H and O–H groups in total. The van der Waals surface area contributed by atoms with Crippen LogP contribution in [0.5, 0.6) is 0 Å². The number of nitrogens with one attached hydrogen (secondary N) is 1. The van der Waals surface area contributed by atoms with Crippen molar-refractivity contribution in [2.75, 3.05) is 11.9 Å². The van der Waals surface area contributed by atoms with E-state index in [1.165, 1.54) is 0 Å². The highest BCUT2D eigenvalue weighted by Crippen LogP contribution is 2.17. The summed E-state index contributed by atoms with van der Waals surface area (Å²) in [5.41, 5.74) is 2.70. The number of aliphatic hydroxyl groups is 1. The number of carbonyl (C=O) groups is 1. The van der Waals surface area contributed by atoms with Crippen molar-refractivity contribution in [3.8, 4) is 11.8 Å². The maximum Gasteiger partial charge on any atom is 0.226 e. The van der Waals surface area contributed by atoms with Gasteiger partial charge in [0.05, 0.1) is 6.61 Å². The van der Waals surface area contributed by atoms with Gasteiger partial charge in [-0.15, -0.1) is 0 Å². The van der Waals surface area contributed by atoms with Gasteiger partial charge < -0.3 is 10.4 Å². The Morgan fingerprint density at radius 1 is 1.44 bits per heavy atom. The average molecular weight is 245 g/mol. The van der Waals surface area contributed by atoms with E-state index in [9.17, 15) is 4.79 Å². The summed E-state index contributed by atoms with van der Waals surface area (Å²) in [6.45, 7) is 5.74. The molecular weight excluding hydrogens is 226 g/mol. The summed E-state index contributed by atoms with van der Waals surface area (Å²) in [7, 11) is 0. The Kier molecular flexibility index (Phi) is 5.41. The lowest BCUT2D eigenvalue weighted by Gasteiger charge is -2.10. The molecule has 3 heteroatoms. The summed E-state index contributed by atoms with van der Waals surface area (Å²) in [5, 5.41) is 11.5. The third kappa shape index (κ3) is 4.23. The van der Waals surface area contributed by atoms with Gasteiger partial charge in [-0.2, -0.15) is 0 Å². The summed E-state index contributed by atoms with van der Waals surface area (Å²) in [5.74, 6) is 5.81. The lowest BCUT2D eigenvalue weighted by atomic mass is 10.1. The number of hydrogen-bond donors (Lipinski definition) is 2. The first-order valence-corrected chi connectivity index (χ1v) is 6.06. The Morgan fingerprint density at radius 2 is 2.17 bits per heavy atom. The molecule has 0 fully saturated rings. The number of anilines is 1. The quantitative estimate of drug-likeness (QED) is 0.803. The molecule has 1 aromatic rings. The molecule has 0 aromatic heterocycles. The normalized spacial score (nSPS) is 9.83. The van der Waals surface area contributed by atoms with Gasteiger partial charge in [0.25, 0.3) is 0 Å². The number of aryl methyl sites for hydroxylation is 1. The van der Waals surface area contributed by atoms with Crippen LogP contribution in [0.1, 0.15) is 31.4 Å². The topological polar surface area (TPSA) is 49.3 Å². The molecule has 0 saturated carbocycles. The predicted octanol–water partition coefficient (Wildman–Crippen LogP) is 2.32. The molecule has 0 bridgehead atoms. The molecule has 0 spiro atoms. The highest BCUT2D eigenvalue weighted by Gasteiger charge is 2.08. The zero-order valence-electron chi connectivity index (χ0n) is 11.1. The number of amides is 1. The van der Waals surface area contributed by atoms with Crippen LogP contribution in [0.25, 0.3) is 0 Å². The zero-order chi connectivity index (χ0) is 13.5. The van der Waals surface area contributed by atoms with Gasteiger partial charge in [-0.25, -0.2) is 0 Å². The van der Waals surface area contributed by atoms with Gasteiger partial charge in [0.2, 0.25) is 5.91 Å². The maximum absolute atomic E-state index is 11.6. The SMILES string of the molecule is Cc1cc(C#CCCO)ccc1NC(=O)C(C)C. The molecule has 1 rings (SSSR count). The van der Waals surface area contributed by atoms with Crippen LogP contribution in [0, 0.1) is 24.7 Å².